The topological polar surface area (TPSA) is 95.9 Å². The smallest absolute Gasteiger partial charge is 0.305 e. The summed E-state index contributed by atoms with van der Waals surface area (Å²) in [6.07, 6.45) is 68.6. The van der Waals surface area contributed by atoms with Gasteiger partial charge in [-0.3, -0.25) is 9.59 Å². The molecule has 0 aromatic rings. The molecule has 0 radical (unpaired) electrons. The fourth-order valence-corrected chi connectivity index (χ4v) is 8.89. The molecule has 1 amide bonds. The molecule has 2 unspecified atom stereocenters. The van der Waals surface area contributed by atoms with Crippen LogP contribution in [0.3, 0.4) is 0 Å². The lowest BCUT2D eigenvalue weighted by atomic mass is 10.0. The van der Waals surface area contributed by atoms with E-state index in [0.29, 0.717) is 25.9 Å². The fourth-order valence-electron chi connectivity index (χ4n) is 8.89. The van der Waals surface area contributed by atoms with Gasteiger partial charge in [-0.05, 0) is 77.0 Å². The van der Waals surface area contributed by atoms with Gasteiger partial charge in [-0.25, -0.2) is 0 Å². The van der Waals surface area contributed by atoms with E-state index in [1.807, 2.05) is 0 Å². The summed E-state index contributed by atoms with van der Waals surface area (Å²) in [6, 6.07) is -0.570. The normalized spacial score (nSPS) is 12.8. The van der Waals surface area contributed by atoms with Crippen LogP contribution in [0.15, 0.2) is 36.5 Å². The maximum atomic E-state index is 12.5. The van der Waals surface area contributed by atoms with E-state index in [-0.39, 0.29) is 18.5 Å². The molecule has 2 atom stereocenters. The lowest BCUT2D eigenvalue weighted by Crippen LogP contribution is -2.45. The van der Waals surface area contributed by atoms with Crippen LogP contribution < -0.4 is 5.32 Å². The Morgan fingerprint density at radius 1 is 0.424 bits per heavy atom. The van der Waals surface area contributed by atoms with Crippen LogP contribution in [0.25, 0.3) is 0 Å². The highest BCUT2D eigenvalue weighted by Gasteiger charge is 2.20. The summed E-state index contributed by atoms with van der Waals surface area (Å²) in [6.45, 7) is 4.83. The van der Waals surface area contributed by atoms with Gasteiger partial charge in [0, 0.05) is 12.8 Å². The summed E-state index contributed by atoms with van der Waals surface area (Å²) < 4.78 is 5.43. The van der Waals surface area contributed by atoms with Crippen molar-refractivity contribution < 1.29 is 24.5 Å². The minimum absolute atomic E-state index is 0.0504. The number of carbonyl (C=O) groups is 2. The van der Waals surface area contributed by atoms with E-state index in [1.165, 1.54) is 186 Å². The molecule has 0 aliphatic heterocycles. The van der Waals surface area contributed by atoms with Crippen molar-refractivity contribution in [2.45, 2.75) is 321 Å². The number of aliphatic hydroxyl groups is 2. The van der Waals surface area contributed by atoms with Crippen LogP contribution in [0.2, 0.25) is 0 Å². The Labute approximate surface area is 411 Å². The van der Waals surface area contributed by atoms with Crippen LogP contribution in [0.1, 0.15) is 309 Å². The van der Waals surface area contributed by atoms with Crippen LogP contribution in [-0.4, -0.2) is 47.4 Å². The molecule has 0 aromatic carbocycles. The van der Waals surface area contributed by atoms with Crippen LogP contribution in [0, 0.1) is 0 Å². The van der Waals surface area contributed by atoms with E-state index in [2.05, 4.69) is 55.6 Å². The summed E-state index contributed by atoms with van der Waals surface area (Å²) in [4.78, 5) is 24.5. The second-order valence-electron chi connectivity index (χ2n) is 20.0. The third kappa shape index (κ3) is 51.5. The van der Waals surface area contributed by atoms with Crippen LogP contribution in [0.5, 0.6) is 0 Å². The van der Waals surface area contributed by atoms with Gasteiger partial charge in [0.25, 0.3) is 0 Å². The first-order valence-electron chi connectivity index (χ1n) is 29.2. The molecule has 3 N–H and O–H groups in total. The number of unbranched alkanes of at least 4 members (excludes halogenated alkanes) is 37. The van der Waals surface area contributed by atoms with Crippen molar-refractivity contribution >= 4 is 11.9 Å². The Kier molecular flexibility index (Phi) is 54.1. The molecule has 0 fully saturated rings. The maximum Gasteiger partial charge on any atom is 0.305 e. The van der Waals surface area contributed by atoms with Gasteiger partial charge in [0.2, 0.25) is 5.91 Å². The molecule has 6 heteroatoms. The first kappa shape index (κ1) is 64.1. The van der Waals surface area contributed by atoms with Crippen LogP contribution in [0.4, 0.5) is 0 Å². The molecule has 0 spiro atoms. The second kappa shape index (κ2) is 55.7. The molecule has 388 valence electrons. The molecule has 0 heterocycles. The molecular formula is C60H113NO5. The van der Waals surface area contributed by atoms with Gasteiger partial charge in [0.15, 0.2) is 0 Å². The van der Waals surface area contributed by atoms with Gasteiger partial charge >= 0.3 is 5.97 Å². The molecule has 66 heavy (non-hydrogen) atoms. The molecule has 0 saturated heterocycles. The Morgan fingerprint density at radius 2 is 0.773 bits per heavy atom. The molecule has 6 nitrogen and oxygen atoms in total. The zero-order chi connectivity index (χ0) is 47.9. The number of aliphatic hydroxyl groups excluding tert-OH is 2. The third-order valence-electron chi connectivity index (χ3n) is 13.4. The van der Waals surface area contributed by atoms with Crippen molar-refractivity contribution in [1.29, 1.82) is 0 Å². The minimum Gasteiger partial charge on any atom is -0.466 e. The zero-order valence-electron chi connectivity index (χ0n) is 44.2. The Balaban J connectivity index is 3.51. The van der Waals surface area contributed by atoms with Crippen molar-refractivity contribution in [3.63, 3.8) is 0 Å². The van der Waals surface area contributed by atoms with Crippen molar-refractivity contribution in [3.8, 4) is 0 Å². The van der Waals surface area contributed by atoms with Gasteiger partial charge in [0.1, 0.15) is 0 Å². The van der Waals surface area contributed by atoms with Crippen LogP contribution in [-0.2, 0) is 14.3 Å². The number of allylic oxidation sites excluding steroid dienone is 6. The van der Waals surface area contributed by atoms with Gasteiger partial charge in [-0.2, -0.15) is 0 Å². The van der Waals surface area contributed by atoms with E-state index in [4.69, 9.17) is 4.74 Å². The molecule has 0 saturated carbocycles. The first-order chi connectivity index (χ1) is 32.5. The van der Waals surface area contributed by atoms with Gasteiger partial charge in [-0.15, -0.1) is 0 Å². The average Bonchev–Trinajstić information content (AvgIpc) is 3.32. The summed E-state index contributed by atoms with van der Waals surface area (Å²) in [5.74, 6) is -0.120. The van der Waals surface area contributed by atoms with E-state index >= 15 is 0 Å². The number of rotatable bonds is 54. The Morgan fingerprint density at radius 3 is 1.21 bits per heavy atom. The van der Waals surface area contributed by atoms with Gasteiger partial charge in [-0.1, -0.05) is 256 Å². The highest BCUT2D eigenvalue weighted by molar-refractivity contribution is 5.76. The van der Waals surface area contributed by atoms with Gasteiger partial charge < -0.3 is 20.3 Å². The summed E-state index contributed by atoms with van der Waals surface area (Å²) in [5, 5.41) is 23.3. The number of carbonyl (C=O) groups excluding carboxylic acids is 2. The number of esters is 1. The number of hydrogen-bond donors (Lipinski definition) is 3. The highest BCUT2D eigenvalue weighted by Crippen LogP contribution is 2.17. The Hall–Kier alpha value is -1.92. The second-order valence-corrected chi connectivity index (χ2v) is 20.0. The average molecular weight is 929 g/mol. The quantitative estimate of drug-likeness (QED) is 0.0321. The van der Waals surface area contributed by atoms with Crippen molar-refractivity contribution in [3.05, 3.63) is 36.5 Å². The van der Waals surface area contributed by atoms with E-state index < -0.39 is 12.1 Å². The SMILES string of the molecule is CCCC/C=C\C/C=C\CCCCCCCC(=O)OCCCC/C=C\CCCCCCC(=O)NC(CO)C(O)CCCCCCCCCCCCCCCCCCCCCCCCCCC. The minimum atomic E-state index is -0.689. The van der Waals surface area contributed by atoms with Crippen molar-refractivity contribution in [2.24, 2.45) is 0 Å². The zero-order valence-corrected chi connectivity index (χ0v) is 44.2. The van der Waals surface area contributed by atoms with Gasteiger partial charge in [0.05, 0.1) is 25.4 Å². The lowest BCUT2D eigenvalue weighted by Gasteiger charge is -2.22. The molecule has 0 aliphatic carbocycles. The van der Waals surface area contributed by atoms with Crippen LogP contribution >= 0.6 is 0 Å². The third-order valence-corrected chi connectivity index (χ3v) is 13.4. The van der Waals surface area contributed by atoms with Crippen molar-refractivity contribution in [2.75, 3.05) is 13.2 Å². The maximum absolute atomic E-state index is 12.5. The summed E-state index contributed by atoms with van der Waals surface area (Å²) >= 11 is 0. The number of ether oxygens (including phenoxy) is 1. The summed E-state index contributed by atoms with van der Waals surface area (Å²) in [7, 11) is 0. The standard InChI is InChI=1S/C60H113NO5/c1-3-5-7-9-11-13-15-17-19-20-21-22-23-24-25-26-27-28-29-30-32-36-40-44-48-52-58(63)57(56-62)61-59(64)53-49-45-41-37-34-35-39-43-47-51-55-66-60(65)54-50-46-42-38-33-31-18-16-14-12-10-8-6-4-2/h10,12,16,18,35,39,57-58,62-63H,3-9,11,13-15,17,19-34,36-38,40-56H2,1-2H3,(H,61,64)/b12-10-,18-16-,39-35-. The number of nitrogens with one attached hydrogen (secondary N) is 1. The Bertz CT molecular complexity index is 1070. The van der Waals surface area contributed by atoms with E-state index in [1.54, 1.807) is 0 Å². The molecular weight excluding hydrogens is 815 g/mol. The number of amides is 1. The van der Waals surface area contributed by atoms with E-state index in [0.717, 1.165) is 89.9 Å². The molecule has 0 bridgehead atoms. The van der Waals surface area contributed by atoms with Crippen molar-refractivity contribution in [1.82, 2.24) is 5.32 Å². The predicted octanol–water partition coefficient (Wildman–Crippen LogP) is 18.0. The molecule has 0 aromatic heterocycles. The molecule has 0 rings (SSSR count). The largest absolute Gasteiger partial charge is 0.466 e. The fraction of sp³-hybridized carbons (Fsp3) is 0.867. The van der Waals surface area contributed by atoms with E-state index in [9.17, 15) is 19.8 Å². The number of hydrogen-bond acceptors (Lipinski definition) is 5. The predicted molar refractivity (Wildman–Crippen MR) is 287 cm³/mol. The lowest BCUT2D eigenvalue weighted by molar-refractivity contribution is -0.143. The molecule has 0 aliphatic rings. The highest BCUT2D eigenvalue weighted by atomic mass is 16.5. The monoisotopic (exact) mass is 928 g/mol. The first-order valence-corrected chi connectivity index (χ1v) is 29.2. The summed E-state index contributed by atoms with van der Waals surface area (Å²) in [5.41, 5.74) is 0.